The number of rotatable bonds is 20. The first-order valence-electron chi connectivity index (χ1n) is 12.2. The molecular weight excluding hydrogens is 449 g/mol. The van der Waals surface area contributed by atoms with E-state index in [4.69, 9.17) is 0 Å². The molecule has 176 valence electrons. The predicted octanol–water partition coefficient (Wildman–Crippen LogP) is 10.3. The Morgan fingerprint density at radius 1 is 0.310 bits per heavy atom. The van der Waals surface area contributed by atoms with Crippen molar-refractivity contribution in [2.45, 2.75) is 153 Å². The van der Waals surface area contributed by atoms with Gasteiger partial charge in [-0.05, 0) is 0 Å². The van der Waals surface area contributed by atoms with Crippen LogP contribution in [0.3, 0.4) is 0 Å². The molecule has 5 heteroatoms. The molecule has 0 fully saturated rings. The summed E-state index contributed by atoms with van der Waals surface area (Å²) >= 11 is 5.61. The summed E-state index contributed by atoms with van der Waals surface area (Å²) in [5.74, 6) is 0. The molecule has 0 saturated heterocycles. The molecule has 0 heterocycles. The maximum atomic E-state index is 2.81. The van der Waals surface area contributed by atoms with Crippen molar-refractivity contribution in [2.24, 2.45) is 0 Å². The molecule has 0 nitrogen and oxygen atoms in total. The van der Waals surface area contributed by atoms with Crippen LogP contribution in [0.2, 0.25) is 10.6 Å². The van der Waals surface area contributed by atoms with Gasteiger partial charge in [-0.25, -0.2) is 0 Å². The highest BCUT2D eigenvalue weighted by atomic mass is 35.5. The molecule has 0 amide bonds. The highest BCUT2D eigenvalue weighted by molar-refractivity contribution is 6.08. The van der Waals surface area contributed by atoms with Gasteiger partial charge in [0.25, 0.3) is 0 Å². The number of halogens is 3. The van der Waals surface area contributed by atoms with Gasteiger partial charge in [0.15, 0.2) is 0 Å². The lowest BCUT2D eigenvalue weighted by Gasteiger charge is -2.00. The molecule has 0 aromatic rings. The molecule has 0 spiro atoms. The minimum absolute atomic E-state index is 0. The summed E-state index contributed by atoms with van der Waals surface area (Å²) in [6.07, 6.45) is 28.9. The summed E-state index contributed by atoms with van der Waals surface area (Å²) in [7, 11) is 0. The molecule has 0 atom stereocenters. The van der Waals surface area contributed by atoms with E-state index in [-0.39, 0.29) is 37.2 Å². The fourth-order valence-corrected chi connectivity index (χ4v) is 3.84. The summed E-state index contributed by atoms with van der Waals surface area (Å²) < 4.78 is 0. The Labute approximate surface area is 221 Å². The van der Waals surface area contributed by atoms with Crippen LogP contribution < -0.4 is 0 Å². The molecule has 0 rings (SSSR count). The zero-order chi connectivity index (χ0) is 19.6. The lowest BCUT2D eigenvalue weighted by atomic mass is 10.1. The van der Waals surface area contributed by atoms with Crippen molar-refractivity contribution in [3.05, 3.63) is 0 Å². The molecular formula is C24H53Al2Cl3. The zero-order valence-electron chi connectivity index (χ0n) is 19.9. The Morgan fingerprint density at radius 3 is 0.655 bits per heavy atom. The smallest absolute Gasteiger partial charge is 0.118 e. The summed E-state index contributed by atoms with van der Waals surface area (Å²) in [5, 5.41) is 2.58. The van der Waals surface area contributed by atoms with Gasteiger partial charge in [-0.2, -0.15) is 0 Å². The van der Waals surface area contributed by atoms with E-state index in [0.717, 1.165) is 0 Å². The van der Waals surface area contributed by atoms with E-state index in [1.807, 2.05) is 0 Å². The minimum Gasteiger partial charge on any atom is -0.147 e. The van der Waals surface area contributed by atoms with Crippen LogP contribution in [0.4, 0.5) is 0 Å². The first-order valence-corrected chi connectivity index (χ1v) is 13.9. The normalized spacial score (nSPS) is 9.45. The van der Waals surface area contributed by atoms with Gasteiger partial charge < -0.3 is 0 Å². The van der Waals surface area contributed by atoms with Gasteiger partial charge >= 0.3 is 0 Å². The van der Waals surface area contributed by atoms with Gasteiger partial charge in [0, 0.05) is 0 Å². The van der Waals surface area contributed by atoms with E-state index in [9.17, 15) is 0 Å². The van der Waals surface area contributed by atoms with Gasteiger partial charge in [0.2, 0.25) is 0 Å². The molecule has 0 saturated carbocycles. The van der Waals surface area contributed by atoms with Crippen LogP contribution in [0.5, 0.6) is 0 Å². The SMILES string of the molecule is CCCCCCCCCCC[CH2][Al].CCCCCCCCCCC[CH2][Al].Cl.Cl.Cl. The summed E-state index contributed by atoms with van der Waals surface area (Å²) in [5.41, 5.74) is 0. The number of hydrogen-bond acceptors (Lipinski definition) is 0. The van der Waals surface area contributed by atoms with Crippen molar-refractivity contribution in [3.63, 3.8) is 0 Å². The van der Waals surface area contributed by atoms with Crippen LogP contribution >= 0.6 is 37.2 Å². The van der Waals surface area contributed by atoms with Crippen LogP contribution in [0.25, 0.3) is 0 Å². The van der Waals surface area contributed by atoms with Gasteiger partial charge in [0.05, 0.1) is 0 Å². The van der Waals surface area contributed by atoms with Crippen LogP contribution in [0.15, 0.2) is 0 Å². The summed E-state index contributed by atoms with van der Waals surface area (Å²) in [6, 6.07) is 0. The average molecular weight is 502 g/mol. The second kappa shape index (κ2) is 43.7. The fourth-order valence-electron chi connectivity index (χ4n) is 3.26. The topological polar surface area (TPSA) is 0 Å². The molecule has 0 unspecified atom stereocenters. The van der Waals surface area contributed by atoms with Crippen molar-refractivity contribution in [1.82, 2.24) is 0 Å². The van der Waals surface area contributed by atoms with Crippen molar-refractivity contribution in [1.29, 1.82) is 0 Å². The van der Waals surface area contributed by atoms with E-state index in [1.54, 1.807) is 0 Å². The Balaban J connectivity index is -0.000000120. The van der Waals surface area contributed by atoms with Gasteiger partial charge in [-0.15, -0.1) is 47.8 Å². The molecule has 0 aromatic heterocycles. The third-order valence-electron chi connectivity index (χ3n) is 5.12. The van der Waals surface area contributed by atoms with E-state index in [1.165, 1.54) is 139 Å². The van der Waals surface area contributed by atoms with Gasteiger partial charge in [-0.1, -0.05) is 142 Å². The van der Waals surface area contributed by atoms with Crippen molar-refractivity contribution >= 4 is 69.8 Å². The van der Waals surface area contributed by atoms with Crippen LogP contribution in [-0.2, 0) is 0 Å². The molecule has 0 bridgehead atoms. The van der Waals surface area contributed by atoms with Crippen molar-refractivity contribution < 1.29 is 0 Å². The van der Waals surface area contributed by atoms with E-state index < -0.39 is 0 Å². The average Bonchev–Trinajstić information content (AvgIpc) is 2.66. The van der Waals surface area contributed by atoms with Gasteiger partial charge in [0.1, 0.15) is 32.6 Å². The lowest BCUT2D eigenvalue weighted by molar-refractivity contribution is 0.562. The summed E-state index contributed by atoms with van der Waals surface area (Å²) in [4.78, 5) is 0. The third-order valence-corrected chi connectivity index (χ3v) is 5.93. The monoisotopic (exact) mass is 500 g/mol. The minimum atomic E-state index is 0. The number of unbranched alkanes of at least 4 members (excludes halogenated alkanes) is 18. The number of hydrogen-bond donors (Lipinski definition) is 0. The first-order chi connectivity index (χ1) is 12.8. The highest BCUT2D eigenvalue weighted by Gasteiger charge is 1.91. The molecule has 29 heavy (non-hydrogen) atoms. The van der Waals surface area contributed by atoms with E-state index in [0.29, 0.717) is 0 Å². The Bertz CT molecular complexity index is 178. The molecule has 0 N–H and O–H groups in total. The quantitative estimate of drug-likeness (QED) is 0.115. The summed E-state index contributed by atoms with van der Waals surface area (Å²) in [6.45, 7) is 4.56. The second-order valence-electron chi connectivity index (χ2n) is 7.94. The first kappa shape index (κ1) is 41.2. The third kappa shape index (κ3) is 48.6. The molecule has 0 aromatic carbocycles. The van der Waals surface area contributed by atoms with E-state index >= 15 is 0 Å². The Hall–Kier alpha value is 1.93. The molecule has 4 radical (unpaired) electrons. The van der Waals surface area contributed by atoms with Crippen LogP contribution in [0, 0.1) is 0 Å². The molecule has 0 aliphatic carbocycles. The molecule has 0 aliphatic rings. The van der Waals surface area contributed by atoms with Crippen LogP contribution in [0.1, 0.15) is 142 Å². The largest absolute Gasteiger partial charge is 0.147 e. The highest BCUT2D eigenvalue weighted by Crippen LogP contribution is 2.11. The Kier molecular flexibility index (Phi) is 62.2. The maximum absolute atomic E-state index is 2.81. The second-order valence-corrected chi connectivity index (χ2v) is 9.10. The standard InChI is InChI=1S/2C12H25.2Al.3ClH/c2*1-3-5-7-9-11-12-10-8-6-4-2;;;;;/h2*1,3-12H2,2H3;;;3*1H. The zero-order valence-corrected chi connectivity index (χ0v) is 24.7. The van der Waals surface area contributed by atoms with Crippen molar-refractivity contribution in [3.8, 4) is 0 Å². The van der Waals surface area contributed by atoms with Crippen LogP contribution in [-0.4, -0.2) is 32.6 Å². The lowest BCUT2D eigenvalue weighted by Crippen LogP contribution is -1.81. The maximum Gasteiger partial charge on any atom is 0.118 e. The fraction of sp³-hybridized carbons (Fsp3) is 1.00. The van der Waals surface area contributed by atoms with Crippen molar-refractivity contribution in [2.75, 3.05) is 0 Å². The van der Waals surface area contributed by atoms with Gasteiger partial charge in [-0.3, -0.25) is 0 Å². The Morgan fingerprint density at radius 2 is 0.483 bits per heavy atom. The predicted molar refractivity (Wildman–Crippen MR) is 147 cm³/mol. The molecule has 0 aliphatic heterocycles. The van der Waals surface area contributed by atoms with E-state index in [2.05, 4.69) is 46.4 Å².